The molecule has 0 spiro atoms. The fourth-order valence-corrected chi connectivity index (χ4v) is 2.16. The number of nitrogens with two attached hydrogens (primary N) is 1. The summed E-state index contributed by atoms with van der Waals surface area (Å²) < 4.78 is 7.42. The van der Waals surface area contributed by atoms with Crippen LogP contribution in [-0.2, 0) is 6.61 Å². The van der Waals surface area contributed by atoms with Gasteiger partial charge in [-0.3, -0.25) is 0 Å². The van der Waals surface area contributed by atoms with E-state index in [1.807, 2.05) is 30.3 Å². The van der Waals surface area contributed by atoms with Gasteiger partial charge in [-0.2, -0.15) is 10.3 Å². The monoisotopic (exact) mass is 308 g/mol. The number of rotatable bonds is 4. The zero-order valence-electron chi connectivity index (χ0n) is 11.9. The fourth-order valence-electron chi connectivity index (χ4n) is 2.16. The molecule has 9 nitrogen and oxygen atoms in total. The number of ether oxygens (including phenoxy) is 1. The minimum Gasteiger partial charge on any atom is -0.485 e. The Morgan fingerprint density at radius 3 is 2.91 bits per heavy atom. The topological polar surface area (TPSA) is 120 Å². The molecule has 0 aliphatic carbocycles. The Kier molecular flexibility index (Phi) is 3.08. The number of nitrogens with one attached hydrogen (secondary N) is 1. The van der Waals surface area contributed by atoms with Crippen LogP contribution in [0.2, 0.25) is 0 Å². The molecule has 0 saturated carbocycles. The van der Waals surface area contributed by atoms with Crippen molar-refractivity contribution in [2.24, 2.45) is 0 Å². The lowest BCUT2D eigenvalue weighted by Crippen LogP contribution is -1.99. The van der Waals surface area contributed by atoms with Crippen LogP contribution >= 0.6 is 0 Å². The van der Waals surface area contributed by atoms with Crippen molar-refractivity contribution < 1.29 is 4.74 Å². The van der Waals surface area contributed by atoms with Crippen LogP contribution in [0.4, 0.5) is 5.82 Å². The molecular weight excluding hydrogens is 296 g/mol. The van der Waals surface area contributed by atoms with E-state index in [-0.39, 0.29) is 6.61 Å². The molecule has 23 heavy (non-hydrogen) atoms. The summed E-state index contributed by atoms with van der Waals surface area (Å²) in [4.78, 5) is 4.06. The van der Waals surface area contributed by atoms with Gasteiger partial charge in [-0.25, -0.2) is 9.67 Å². The Labute approximate surface area is 130 Å². The van der Waals surface area contributed by atoms with E-state index in [2.05, 4.69) is 30.7 Å². The Morgan fingerprint density at radius 1 is 1.17 bits per heavy atom. The maximum atomic E-state index is 5.74. The zero-order chi connectivity index (χ0) is 15.6. The second-order valence-electron chi connectivity index (χ2n) is 4.82. The molecule has 0 radical (unpaired) electrons. The summed E-state index contributed by atoms with van der Waals surface area (Å²) in [7, 11) is 0. The lowest BCUT2D eigenvalue weighted by molar-refractivity contribution is 0.304. The van der Waals surface area contributed by atoms with E-state index in [0.29, 0.717) is 28.4 Å². The van der Waals surface area contributed by atoms with Crippen LogP contribution in [0.3, 0.4) is 0 Å². The molecule has 0 fully saturated rings. The van der Waals surface area contributed by atoms with Crippen molar-refractivity contribution in [3.63, 3.8) is 0 Å². The number of anilines is 1. The van der Waals surface area contributed by atoms with Gasteiger partial charge in [0.25, 0.3) is 0 Å². The molecule has 9 heteroatoms. The molecule has 0 aliphatic rings. The molecule has 114 valence electrons. The van der Waals surface area contributed by atoms with Crippen molar-refractivity contribution in [3.05, 3.63) is 48.3 Å². The highest BCUT2D eigenvalue weighted by molar-refractivity contribution is 5.78. The molecule has 3 aromatic heterocycles. The number of H-pyrrole nitrogens is 1. The Bertz CT molecular complexity index is 946. The SMILES string of the molecule is Nc1cc(OCc2cn(-c3ccccc3)nn2)c2n[nH]nc2n1. The maximum absolute atomic E-state index is 5.74. The predicted octanol–water partition coefficient (Wildman–Crippen LogP) is 1.09. The van der Waals surface area contributed by atoms with Crippen molar-refractivity contribution in [1.82, 2.24) is 35.4 Å². The first-order chi connectivity index (χ1) is 11.3. The van der Waals surface area contributed by atoms with Gasteiger partial charge < -0.3 is 10.5 Å². The Morgan fingerprint density at radius 2 is 2.04 bits per heavy atom. The summed E-state index contributed by atoms with van der Waals surface area (Å²) >= 11 is 0. The first kappa shape index (κ1) is 13.2. The summed E-state index contributed by atoms with van der Waals surface area (Å²) in [5, 5.41) is 18.6. The van der Waals surface area contributed by atoms with Gasteiger partial charge in [0.1, 0.15) is 18.1 Å². The third-order valence-electron chi connectivity index (χ3n) is 3.21. The summed E-state index contributed by atoms with van der Waals surface area (Å²) in [6.45, 7) is 0.234. The number of pyridine rings is 1. The second-order valence-corrected chi connectivity index (χ2v) is 4.82. The predicted molar refractivity (Wildman–Crippen MR) is 81.8 cm³/mol. The number of aromatic amines is 1. The van der Waals surface area contributed by atoms with Crippen LogP contribution in [-0.4, -0.2) is 35.4 Å². The molecule has 3 heterocycles. The number of hydrogen-bond donors (Lipinski definition) is 2. The fraction of sp³-hybridized carbons (Fsp3) is 0.0714. The van der Waals surface area contributed by atoms with Crippen LogP contribution in [0, 0.1) is 0 Å². The average molecular weight is 308 g/mol. The molecular formula is C14H12N8O. The molecule has 0 amide bonds. The number of benzene rings is 1. The smallest absolute Gasteiger partial charge is 0.207 e. The molecule has 0 bridgehead atoms. The molecule has 3 N–H and O–H groups in total. The number of nitrogens with zero attached hydrogens (tertiary/aromatic N) is 6. The lowest BCUT2D eigenvalue weighted by Gasteiger charge is -2.04. The van der Waals surface area contributed by atoms with Crippen LogP contribution < -0.4 is 10.5 Å². The summed E-state index contributed by atoms with van der Waals surface area (Å²) in [6.07, 6.45) is 1.81. The largest absolute Gasteiger partial charge is 0.485 e. The van der Waals surface area contributed by atoms with E-state index in [4.69, 9.17) is 10.5 Å². The minimum absolute atomic E-state index is 0.234. The van der Waals surface area contributed by atoms with Gasteiger partial charge in [-0.05, 0) is 12.1 Å². The molecule has 0 aliphatic heterocycles. The third kappa shape index (κ3) is 2.55. The normalized spacial score (nSPS) is 11.0. The van der Waals surface area contributed by atoms with Crippen molar-refractivity contribution in [2.45, 2.75) is 6.61 Å². The molecule has 0 atom stereocenters. The van der Waals surface area contributed by atoms with E-state index >= 15 is 0 Å². The van der Waals surface area contributed by atoms with Gasteiger partial charge in [0.15, 0.2) is 11.3 Å². The van der Waals surface area contributed by atoms with Gasteiger partial charge in [-0.15, -0.1) is 10.2 Å². The highest BCUT2D eigenvalue weighted by Gasteiger charge is 2.11. The van der Waals surface area contributed by atoms with Gasteiger partial charge >= 0.3 is 0 Å². The van der Waals surface area contributed by atoms with Gasteiger partial charge in [-0.1, -0.05) is 23.4 Å². The maximum Gasteiger partial charge on any atom is 0.207 e. The Hall–Kier alpha value is -3.49. The van der Waals surface area contributed by atoms with Crippen molar-refractivity contribution in [3.8, 4) is 11.4 Å². The lowest BCUT2D eigenvalue weighted by atomic mass is 10.3. The molecule has 4 aromatic rings. The van der Waals surface area contributed by atoms with E-state index in [0.717, 1.165) is 5.69 Å². The van der Waals surface area contributed by atoms with Crippen LogP contribution in [0.15, 0.2) is 42.6 Å². The number of aromatic nitrogens is 7. The van der Waals surface area contributed by atoms with E-state index in [1.54, 1.807) is 16.9 Å². The van der Waals surface area contributed by atoms with E-state index in [9.17, 15) is 0 Å². The van der Waals surface area contributed by atoms with Crippen molar-refractivity contribution >= 4 is 17.0 Å². The Balaban J connectivity index is 1.55. The number of para-hydroxylation sites is 1. The molecule has 0 unspecified atom stereocenters. The number of hydrogen-bond acceptors (Lipinski definition) is 7. The molecule has 0 saturated heterocycles. The molecule has 1 aromatic carbocycles. The van der Waals surface area contributed by atoms with E-state index < -0.39 is 0 Å². The van der Waals surface area contributed by atoms with Gasteiger partial charge in [0, 0.05) is 6.07 Å². The highest BCUT2D eigenvalue weighted by atomic mass is 16.5. The standard InChI is InChI=1S/C14H12N8O/c15-12-6-11(13-14(16-12)19-20-18-13)23-8-9-7-22(21-17-9)10-4-2-1-3-5-10/h1-7H,8H2,(H3,15,16,18,19,20). The highest BCUT2D eigenvalue weighted by Crippen LogP contribution is 2.23. The summed E-state index contributed by atoms with van der Waals surface area (Å²) in [6, 6.07) is 11.3. The van der Waals surface area contributed by atoms with Gasteiger partial charge in [0.2, 0.25) is 5.65 Å². The first-order valence-corrected chi connectivity index (χ1v) is 6.86. The first-order valence-electron chi connectivity index (χ1n) is 6.86. The van der Waals surface area contributed by atoms with Crippen LogP contribution in [0.5, 0.6) is 5.75 Å². The summed E-state index contributed by atoms with van der Waals surface area (Å²) in [5.41, 5.74) is 8.27. The average Bonchev–Trinajstić information content (AvgIpc) is 3.22. The van der Waals surface area contributed by atoms with Crippen molar-refractivity contribution in [2.75, 3.05) is 5.73 Å². The van der Waals surface area contributed by atoms with E-state index in [1.165, 1.54) is 0 Å². The quantitative estimate of drug-likeness (QED) is 0.579. The van der Waals surface area contributed by atoms with Crippen LogP contribution in [0.1, 0.15) is 5.69 Å². The van der Waals surface area contributed by atoms with Crippen LogP contribution in [0.25, 0.3) is 16.9 Å². The number of fused-ring (bicyclic) bond motifs is 1. The zero-order valence-corrected chi connectivity index (χ0v) is 11.9. The number of nitrogen functional groups attached to an aromatic ring is 1. The second kappa shape index (κ2) is 5.37. The van der Waals surface area contributed by atoms with Gasteiger partial charge in [0.05, 0.1) is 11.9 Å². The van der Waals surface area contributed by atoms with Crippen molar-refractivity contribution in [1.29, 1.82) is 0 Å². The third-order valence-corrected chi connectivity index (χ3v) is 3.21. The summed E-state index contributed by atoms with van der Waals surface area (Å²) in [5.74, 6) is 0.810. The molecule has 4 rings (SSSR count). The minimum atomic E-state index is 0.234.